The van der Waals surface area contributed by atoms with Gasteiger partial charge in [-0.1, -0.05) is 13.8 Å². The Labute approximate surface area is 137 Å². The van der Waals surface area contributed by atoms with Crippen LogP contribution in [0.2, 0.25) is 0 Å². The highest BCUT2D eigenvalue weighted by molar-refractivity contribution is 5.78. The molecule has 1 aliphatic carbocycles. The molecule has 126 valence electrons. The van der Waals surface area contributed by atoms with E-state index in [4.69, 9.17) is 4.74 Å². The fourth-order valence-corrected chi connectivity index (χ4v) is 4.17. The second-order valence-electron chi connectivity index (χ2n) is 7.15. The molecule has 3 rings (SSSR count). The monoisotopic (exact) mass is 319 g/mol. The molecule has 1 unspecified atom stereocenters. The summed E-state index contributed by atoms with van der Waals surface area (Å²) in [5, 5.41) is 0. The van der Waals surface area contributed by atoms with Gasteiger partial charge in [0.15, 0.2) is 11.6 Å². The zero-order valence-corrected chi connectivity index (χ0v) is 14.3. The first-order valence-electron chi connectivity index (χ1n) is 8.66. The van der Waals surface area contributed by atoms with Gasteiger partial charge in [0.1, 0.15) is 0 Å². The van der Waals surface area contributed by atoms with Crippen LogP contribution in [0.1, 0.15) is 50.2 Å². The van der Waals surface area contributed by atoms with E-state index in [0.29, 0.717) is 17.6 Å². The maximum absolute atomic E-state index is 13.9. The average molecular weight is 319 g/mol. The molecule has 1 saturated heterocycles. The second kappa shape index (κ2) is 6.50. The summed E-state index contributed by atoms with van der Waals surface area (Å²) in [6.07, 6.45) is 4.13. The zero-order chi connectivity index (χ0) is 16.6. The summed E-state index contributed by atoms with van der Waals surface area (Å²) in [5.41, 5.74) is 2.39. The molecule has 0 saturated carbocycles. The third-order valence-corrected chi connectivity index (χ3v) is 5.45. The normalized spacial score (nSPS) is 21.6. The summed E-state index contributed by atoms with van der Waals surface area (Å²) in [7, 11) is 1.52. The Bertz CT molecular complexity index is 591. The minimum absolute atomic E-state index is 0.0750. The van der Waals surface area contributed by atoms with Gasteiger partial charge >= 0.3 is 0 Å². The Morgan fingerprint density at radius 2 is 1.96 bits per heavy atom. The van der Waals surface area contributed by atoms with Crippen LogP contribution >= 0.6 is 0 Å². The van der Waals surface area contributed by atoms with Crippen LogP contribution in [0, 0.1) is 17.7 Å². The van der Waals surface area contributed by atoms with Crippen molar-refractivity contribution >= 4 is 5.91 Å². The summed E-state index contributed by atoms with van der Waals surface area (Å²) >= 11 is 0. The Morgan fingerprint density at radius 1 is 1.26 bits per heavy atom. The van der Waals surface area contributed by atoms with Crippen LogP contribution in [0.4, 0.5) is 4.39 Å². The quantitative estimate of drug-likeness (QED) is 0.849. The zero-order valence-electron chi connectivity index (χ0n) is 14.3. The number of benzene rings is 1. The number of likely N-dealkylation sites (tertiary alicyclic amines) is 1. The van der Waals surface area contributed by atoms with Crippen molar-refractivity contribution in [3.05, 3.63) is 29.1 Å². The van der Waals surface area contributed by atoms with Gasteiger partial charge < -0.3 is 9.64 Å². The molecule has 1 aromatic carbocycles. The summed E-state index contributed by atoms with van der Waals surface area (Å²) in [6.45, 7) is 5.63. The van der Waals surface area contributed by atoms with E-state index >= 15 is 0 Å². The summed E-state index contributed by atoms with van der Waals surface area (Å²) in [5.74, 6) is 1.50. The molecule has 2 aliphatic rings. The third-order valence-electron chi connectivity index (χ3n) is 5.45. The van der Waals surface area contributed by atoms with Gasteiger partial charge in [0, 0.05) is 19.0 Å². The van der Waals surface area contributed by atoms with Crippen LogP contribution in [0.25, 0.3) is 0 Å². The number of rotatable bonds is 3. The van der Waals surface area contributed by atoms with Crippen LogP contribution in [-0.4, -0.2) is 31.0 Å². The molecule has 1 fully saturated rings. The van der Waals surface area contributed by atoms with Crippen molar-refractivity contribution in [2.75, 3.05) is 20.2 Å². The van der Waals surface area contributed by atoms with Crippen molar-refractivity contribution in [2.24, 2.45) is 11.8 Å². The minimum Gasteiger partial charge on any atom is -0.494 e. The SMILES string of the molecule is COc1cc2c(cc1F)CCC2C1CCN(C(=O)C(C)C)CC1. The van der Waals surface area contributed by atoms with Crippen LogP contribution < -0.4 is 4.74 Å². The molecule has 3 nitrogen and oxygen atoms in total. The Kier molecular flexibility index (Phi) is 4.60. The van der Waals surface area contributed by atoms with Gasteiger partial charge in [-0.05, 0) is 60.8 Å². The third kappa shape index (κ3) is 3.08. The number of hydrogen-bond acceptors (Lipinski definition) is 2. The fourth-order valence-electron chi connectivity index (χ4n) is 4.17. The van der Waals surface area contributed by atoms with E-state index in [0.717, 1.165) is 44.3 Å². The van der Waals surface area contributed by atoms with E-state index in [9.17, 15) is 9.18 Å². The average Bonchev–Trinajstić information content (AvgIpc) is 2.95. The predicted molar refractivity (Wildman–Crippen MR) is 88.2 cm³/mol. The molecule has 1 amide bonds. The molecule has 4 heteroatoms. The first-order valence-corrected chi connectivity index (χ1v) is 8.66. The summed E-state index contributed by atoms with van der Waals surface area (Å²) in [6, 6.07) is 3.54. The van der Waals surface area contributed by atoms with Gasteiger partial charge in [-0.25, -0.2) is 4.39 Å². The standard InChI is InChI=1S/C19H26FNO2/c1-12(2)19(22)21-8-6-13(7-9-21)15-5-4-14-10-17(20)18(23-3)11-16(14)15/h10-13,15H,4-9H2,1-3H3. The van der Waals surface area contributed by atoms with E-state index in [1.807, 2.05) is 24.8 Å². The van der Waals surface area contributed by atoms with Crippen molar-refractivity contribution in [2.45, 2.75) is 45.4 Å². The van der Waals surface area contributed by atoms with Gasteiger partial charge in [0.25, 0.3) is 0 Å². The summed E-state index contributed by atoms with van der Waals surface area (Å²) < 4.78 is 19.0. The maximum Gasteiger partial charge on any atom is 0.225 e. The molecule has 1 atom stereocenters. The van der Waals surface area contributed by atoms with Gasteiger partial charge in [0.2, 0.25) is 5.91 Å². The van der Waals surface area contributed by atoms with Crippen LogP contribution in [0.5, 0.6) is 5.75 Å². The van der Waals surface area contributed by atoms with Crippen LogP contribution in [0.3, 0.4) is 0 Å². The lowest BCUT2D eigenvalue weighted by Crippen LogP contribution is -2.41. The lowest BCUT2D eigenvalue weighted by molar-refractivity contribution is -0.135. The molecule has 0 aromatic heterocycles. The molecule has 0 N–H and O–H groups in total. The number of amides is 1. The first-order chi connectivity index (χ1) is 11.0. The van der Waals surface area contributed by atoms with E-state index < -0.39 is 0 Å². The number of hydrogen-bond donors (Lipinski definition) is 0. The maximum atomic E-state index is 13.9. The van der Waals surface area contributed by atoms with Gasteiger partial charge in [-0.15, -0.1) is 0 Å². The van der Waals surface area contributed by atoms with Crippen LogP contribution in [-0.2, 0) is 11.2 Å². The van der Waals surface area contributed by atoms with E-state index in [1.165, 1.54) is 12.7 Å². The Morgan fingerprint density at radius 3 is 2.57 bits per heavy atom. The molecular formula is C19H26FNO2. The topological polar surface area (TPSA) is 29.5 Å². The number of ether oxygens (including phenoxy) is 1. The number of nitrogens with zero attached hydrogens (tertiary/aromatic N) is 1. The highest BCUT2D eigenvalue weighted by atomic mass is 19.1. The highest BCUT2D eigenvalue weighted by Crippen LogP contribution is 2.44. The van der Waals surface area contributed by atoms with Crippen molar-refractivity contribution < 1.29 is 13.9 Å². The number of fused-ring (bicyclic) bond motifs is 1. The number of aryl methyl sites for hydroxylation is 1. The molecule has 0 spiro atoms. The Hall–Kier alpha value is -1.58. The van der Waals surface area contributed by atoms with Crippen molar-refractivity contribution in [1.82, 2.24) is 4.90 Å². The lowest BCUT2D eigenvalue weighted by Gasteiger charge is -2.36. The predicted octanol–water partition coefficient (Wildman–Crippen LogP) is 3.76. The second-order valence-corrected chi connectivity index (χ2v) is 7.15. The number of halogens is 1. The largest absolute Gasteiger partial charge is 0.494 e. The van der Waals surface area contributed by atoms with Crippen molar-refractivity contribution in [1.29, 1.82) is 0 Å². The molecule has 0 bridgehead atoms. The van der Waals surface area contributed by atoms with Crippen LogP contribution in [0.15, 0.2) is 12.1 Å². The van der Waals surface area contributed by atoms with E-state index in [-0.39, 0.29) is 17.6 Å². The molecule has 1 aliphatic heterocycles. The molecule has 23 heavy (non-hydrogen) atoms. The lowest BCUT2D eigenvalue weighted by atomic mass is 9.80. The van der Waals surface area contributed by atoms with Crippen molar-refractivity contribution in [3.8, 4) is 5.75 Å². The Balaban J connectivity index is 1.71. The first kappa shape index (κ1) is 16.3. The smallest absolute Gasteiger partial charge is 0.225 e. The number of carbonyl (C=O) groups is 1. The van der Waals surface area contributed by atoms with E-state index in [1.54, 1.807) is 6.07 Å². The fraction of sp³-hybridized carbons (Fsp3) is 0.632. The molecule has 1 heterocycles. The van der Waals surface area contributed by atoms with Gasteiger partial charge in [0.05, 0.1) is 7.11 Å². The van der Waals surface area contributed by atoms with Gasteiger partial charge in [-0.3, -0.25) is 4.79 Å². The van der Waals surface area contributed by atoms with E-state index in [2.05, 4.69) is 0 Å². The highest BCUT2D eigenvalue weighted by Gasteiger charge is 2.34. The summed E-state index contributed by atoms with van der Waals surface area (Å²) in [4.78, 5) is 14.1. The molecule has 1 aromatic rings. The van der Waals surface area contributed by atoms with Gasteiger partial charge in [-0.2, -0.15) is 0 Å². The minimum atomic E-state index is -0.260. The molecule has 0 radical (unpaired) electrons. The number of methoxy groups -OCH3 is 1. The number of piperidine rings is 1. The molecular weight excluding hydrogens is 293 g/mol. The number of carbonyl (C=O) groups excluding carboxylic acids is 1. The van der Waals surface area contributed by atoms with Crippen molar-refractivity contribution in [3.63, 3.8) is 0 Å².